The number of hydrogen-bond donors (Lipinski definition) is 1. The molecule has 1 aliphatic heterocycles. The lowest BCUT2D eigenvalue weighted by Crippen LogP contribution is -2.50. The zero-order chi connectivity index (χ0) is 19.2. The minimum absolute atomic E-state index is 0.0115. The van der Waals surface area contributed by atoms with Crippen LogP contribution < -0.4 is 19.7 Å². The zero-order valence-corrected chi connectivity index (χ0v) is 15.3. The molecule has 0 saturated carbocycles. The van der Waals surface area contributed by atoms with Gasteiger partial charge in [-0.3, -0.25) is 9.59 Å². The van der Waals surface area contributed by atoms with Crippen molar-refractivity contribution in [1.29, 1.82) is 0 Å². The molecular formula is C20H22N2O5. The van der Waals surface area contributed by atoms with E-state index in [1.807, 2.05) is 30.3 Å². The van der Waals surface area contributed by atoms with Gasteiger partial charge >= 0.3 is 0 Å². The summed E-state index contributed by atoms with van der Waals surface area (Å²) in [5, 5.41) is 2.85. The van der Waals surface area contributed by atoms with Crippen LogP contribution in [0.4, 0.5) is 5.69 Å². The number of nitrogens with one attached hydrogen (secondary N) is 1. The number of benzene rings is 2. The second kappa shape index (κ2) is 8.55. The third-order valence-electron chi connectivity index (χ3n) is 4.30. The van der Waals surface area contributed by atoms with E-state index in [4.69, 9.17) is 14.2 Å². The fourth-order valence-electron chi connectivity index (χ4n) is 2.85. The number of methoxy groups -OCH3 is 2. The van der Waals surface area contributed by atoms with Gasteiger partial charge in [0.25, 0.3) is 11.8 Å². The molecule has 0 bridgehead atoms. The molecule has 7 nitrogen and oxygen atoms in total. The molecule has 1 unspecified atom stereocenters. The first-order chi connectivity index (χ1) is 13.1. The number of rotatable bonds is 6. The maximum atomic E-state index is 12.5. The number of hydrogen-bond acceptors (Lipinski definition) is 5. The first kappa shape index (κ1) is 18.7. The topological polar surface area (TPSA) is 77.1 Å². The molecule has 1 saturated heterocycles. The Kier molecular flexibility index (Phi) is 5.93. The number of carbonyl (C=O) groups is 2. The van der Waals surface area contributed by atoms with Gasteiger partial charge in [0.15, 0.2) is 0 Å². The lowest BCUT2D eigenvalue weighted by molar-refractivity contribution is -0.129. The maximum absolute atomic E-state index is 12.5. The normalized spacial score (nSPS) is 16.7. The summed E-state index contributed by atoms with van der Waals surface area (Å²) >= 11 is 0. The molecule has 3 rings (SSSR count). The first-order valence-corrected chi connectivity index (χ1v) is 8.59. The van der Waals surface area contributed by atoms with Crippen molar-refractivity contribution in [3.8, 4) is 11.5 Å². The highest BCUT2D eigenvalue weighted by molar-refractivity contribution is 5.96. The molecule has 0 radical (unpaired) electrons. The van der Waals surface area contributed by atoms with Gasteiger partial charge in [-0.2, -0.15) is 0 Å². The van der Waals surface area contributed by atoms with E-state index in [1.54, 1.807) is 23.1 Å². The summed E-state index contributed by atoms with van der Waals surface area (Å²) in [6.07, 6.45) is -0.292. The second-order valence-corrected chi connectivity index (χ2v) is 6.08. The predicted octanol–water partition coefficient (Wildman–Crippen LogP) is 1.87. The Balaban J connectivity index is 1.63. The predicted molar refractivity (Wildman–Crippen MR) is 100 cm³/mol. The van der Waals surface area contributed by atoms with Crippen LogP contribution in [-0.2, 0) is 9.53 Å². The summed E-state index contributed by atoms with van der Waals surface area (Å²) in [7, 11) is 3.06. The average molecular weight is 370 g/mol. The van der Waals surface area contributed by atoms with Gasteiger partial charge in [-0.1, -0.05) is 18.2 Å². The largest absolute Gasteiger partial charge is 0.497 e. The quantitative estimate of drug-likeness (QED) is 0.840. The van der Waals surface area contributed by atoms with Crippen LogP contribution in [0.5, 0.6) is 11.5 Å². The summed E-state index contributed by atoms with van der Waals surface area (Å²) in [5.74, 6) is 0.712. The number of carbonyl (C=O) groups excluding carboxylic acids is 2. The molecule has 0 aromatic heterocycles. The van der Waals surface area contributed by atoms with Gasteiger partial charge in [0.1, 0.15) is 18.1 Å². The van der Waals surface area contributed by atoms with Crippen LogP contribution in [0.25, 0.3) is 0 Å². The fourth-order valence-corrected chi connectivity index (χ4v) is 2.85. The molecule has 2 aromatic rings. The Labute approximate surface area is 157 Å². The first-order valence-electron chi connectivity index (χ1n) is 8.59. The Hall–Kier alpha value is -3.06. The van der Waals surface area contributed by atoms with Crippen molar-refractivity contribution in [3.05, 3.63) is 54.1 Å². The van der Waals surface area contributed by atoms with Crippen LogP contribution in [-0.4, -0.2) is 51.8 Å². The third kappa shape index (κ3) is 4.57. The van der Waals surface area contributed by atoms with Crippen LogP contribution in [0.2, 0.25) is 0 Å². The van der Waals surface area contributed by atoms with Crippen LogP contribution in [0.3, 0.4) is 0 Å². The third-order valence-corrected chi connectivity index (χ3v) is 4.30. The summed E-state index contributed by atoms with van der Waals surface area (Å²) in [6.45, 7) is 0.655. The molecule has 142 valence electrons. The van der Waals surface area contributed by atoms with Crippen LogP contribution in [0.15, 0.2) is 48.5 Å². The molecule has 2 amide bonds. The van der Waals surface area contributed by atoms with E-state index in [1.165, 1.54) is 14.2 Å². The van der Waals surface area contributed by atoms with Gasteiger partial charge in [0.2, 0.25) is 0 Å². The number of anilines is 1. The Bertz CT molecular complexity index is 787. The van der Waals surface area contributed by atoms with E-state index in [-0.39, 0.29) is 31.1 Å². The Morgan fingerprint density at radius 1 is 1.15 bits per heavy atom. The molecule has 2 aromatic carbocycles. The number of para-hydroxylation sites is 1. The van der Waals surface area contributed by atoms with Crippen molar-refractivity contribution in [3.63, 3.8) is 0 Å². The van der Waals surface area contributed by atoms with Crippen molar-refractivity contribution < 1.29 is 23.8 Å². The van der Waals surface area contributed by atoms with E-state index in [9.17, 15) is 9.59 Å². The molecule has 1 atom stereocenters. The van der Waals surface area contributed by atoms with Crippen LogP contribution >= 0.6 is 0 Å². The lowest BCUT2D eigenvalue weighted by Gasteiger charge is -2.32. The van der Waals surface area contributed by atoms with Crippen molar-refractivity contribution in [2.24, 2.45) is 0 Å². The van der Waals surface area contributed by atoms with Gasteiger partial charge in [-0.05, 0) is 24.3 Å². The van der Waals surface area contributed by atoms with Gasteiger partial charge in [-0.15, -0.1) is 0 Å². The number of nitrogens with zero attached hydrogens (tertiary/aromatic N) is 1. The van der Waals surface area contributed by atoms with E-state index in [0.29, 0.717) is 23.6 Å². The lowest BCUT2D eigenvalue weighted by atomic mass is 10.1. The molecule has 0 aliphatic carbocycles. The van der Waals surface area contributed by atoms with Gasteiger partial charge in [0, 0.05) is 23.9 Å². The van der Waals surface area contributed by atoms with Crippen molar-refractivity contribution >= 4 is 17.5 Å². The molecule has 1 fully saturated rings. The summed E-state index contributed by atoms with van der Waals surface area (Å²) in [6, 6.07) is 14.4. The highest BCUT2D eigenvalue weighted by Gasteiger charge is 2.27. The minimum atomic E-state index is -0.292. The summed E-state index contributed by atoms with van der Waals surface area (Å²) in [5.41, 5.74) is 1.25. The smallest absolute Gasteiger partial charge is 0.253 e. The molecule has 1 N–H and O–H groups in total. The summed E-state index contributed by atoms with van der Waals surface area (Å²) in [4.78, 5) is 26.3. The molecule has 27 heavy (non-hydrogen) atoms. The van der Waals surface area contributed by atoms with Crippen LogP contribution in [0.1, 0.15) is 10.4 Å². The zero-order valence-electron chi connectivity index (χ0n) is 15.3. The number of ether oxygens (including phenoxy) is 3. The number of amides is 2. The van der Waals surface area contributed by atoms with Crippen molar-refractivity contribution in [2.45, 2.75) is 6.10 Å². The van der Waals surface area contributed by atoms with Crippen molar-refractivity contribution in [1.82, 2.24) is 5.32 Å². The molecule has 0 spiro atoms. The monoisotopic (exact) mass is 370 g/mol. The fraction of sp³-hybridized carbons (Fsp3) is 0.300. The Morgan fingerprint density at radius 2 is 1.81 bits per heavy atom. The molecule has 1 heterocycles. The Morgan fingerprint density at radius 3 is 2.44 bits per heavy atom. The van der Waals surface area contributed by atoms with E-state index in [2.05, 4.69) is 5.32 Å². The van der Waals surface area contributed by atoms with E-state index >= 15 is 0 Å². The van der Waals surface area contributed by atoms with Gasteiger partial charge in [0.05, 0.1) is 26.9 Å². The van der Waals surface area contributed by atoms with E-state index < -0.39 is 0 Å². The van der Waals surface area contributed by atoms with E-state index in [0.717, 1.165) is 5.69 Å². The summed E-state index contributed by atoms with van der Waals surface area (Å²) < 4.78 is 15.9. The van der Waals surface area contributed by atoms with Crippen molar-refractivity contribution in [2.75, 3.05) is 38.8 Å². The average Bonchev–Trinajstić information content (AvgIpc) is 2.73. The maximum Gasteiger partial charge on any atom is 0.253 e. The van der Waals surface area contributed by atoms with Crippen LogP contribution in [0, 0.1) is 0 Å². The molecule has 1 aliphatic rings. The second-order valence-electron chi connectivity index (χ2n) is 6.08. The number of morpholine rings is 1. The molecule has 7 heteroatoms. The SMILES string of the molecule is COc1cc(OC)cc(C(=O)NCC2CN(c3ccccc3)C(=O)CO2)c1. The van der Waals surface area contributed by atoms with Gasteiger partial charge in [-0.25, -0.2) is 0 Å². The highest BCUT2D eigenvalue weighted by Crippen LogP contribution is 2.22. The standard InChI is InChI=1S/C20H22N2O5/c1-25-16-8-14(9-17(10-16)26-2)20(24)21-11-18-12-22(19(23)13-27-18)15-6-4-3-5-7-15/h3-10,18H,11-13H2,1-2H3,(H,21,24). The molecular weight excluding hydrogens is 348 g/mol. The minimum Gasteiger partial charge on any atom is -0.497 e. The van der Waals surface area contributed by atoms with Gasteiger partial charge < -0.3 is 24.4 Å². The highest BCUT2D eigenvalue weighted by atomic mass is 16.5.